The van der Waals surface area contributed by atoms with Gasteiger partial charge in [-0.25, -0.2) is 0 Å². The summed E-state index contributed by atoms with van der Waals surface area (Å²) in [7, 11) is 1.64. The highest BCUT2D eigenvalue weighted by Gasteiger charge is 2.43. The molecule has 6 heteroatoms. The molecule has 2 saturated heterocycles. The van der Waals surface area contributed by atoms with Crippen LogP contribution in [0.4, 0.5) is 0 Å². The molecule has 3 aliphatic rings. The van der Waals surface area contributed by atoms with Crippen molar-refractivity contribution >= 4 is 11.0 Å². The summed E-state index contributed by atoms with van der Waals surface area (Å²) >= 11 is 0. The molecule has 1 aliphatic carbocycles. The van der Waals surface area contributed by atoms with E-state index in [0.29, 0.717) is 17.7 Å². The van der Waals surface area contributed by atoms with Crippen molar-refractivity contribution in [3.63, 3.8) is 0 Å². The maximum absolute atomic E-state index is 12.6. The van der Waals surface area contributed by atoms with Gasteiger partial charge >= 0.3 is 0 Å². The third-order valence-electron chi connectivity index (χ3n) is 7.96. The van der Waals surface area contributed by atoms with Crippen molar-refractivity contribution in [1.29, 1.82) is 0 Å². The number of fused-ring (bicyclic) bond motifs is 1. The summed E-state index contributed by atoms with van der Waals surface area (Å²) in [4.78, 5) is 22.4. The van der Waals surface area contributed by atoms with Crippen molar-refractivity contribution in [1.82, 2.24) is 19.4 Å². The van der Waals surface area contributed by atoms with Crippen molar-refractivity contribution in [2.24, 2.45) is 11.3 Å². The Morgan fingerprint density at radius 1 is 1.06 bits per heavy atom. The molecule has 2 aliphatic heterocycles. The molecule has 2 aromatic heterocycles. The molecule has 1 saturated carbocycles. The standard InChI is InChI=1S/C25H36N4O2/c1-31-21-15-23-22(26-16-21)7-8-24(30)29(23)14-13-27-11-9-25(18-27)10-12-28(19-25)17-20-5-3-2-4-6-20/h7-8,15-16,20H,2-6,9-14,17-19H2,1H3. The van der Waals surface area contributed by atoms with E-state index in [-0.39, 0.29) is 5.56 Å². The summed E-state index contributed by atoms with van der Waals surface area (Å²) in [6, 6.07) is 5.36. The monoisotopic (exact) mass is 424 g/mol. The minimum absolute atomic E-state index is 0.0380. The fourth-order valence-corrected chi connectivity index (χ4v) is 6.20. The van der Waals surface area contributed by atoms with Gasteiger partial charge in [0.15, 0.2) is 0 Å². The van der Waals surface area contributed by atoms with Crippen LogP contribution in [0.3, 0.4) is 0 Å². The maximum atomic E-state index is 12.6. The lowest BCUT2D eigenvalue weighted by Crippen LogP contribution is -2.35. The van der Waals surface area contributed by atoms with E-state index in [1.165, 1.54) is 71.1 Å². The van der Waals surface area contributed by atoms with Crippen molar-refractivity contribution in [2.45, 2.75) is 51.5 Å². The summed E-state index contributed by atoms with van der Waals surface area (Å²) < 4.78 is 7.19. The van der Waals surface area contributed by atoms with Crippen molar-refractivity contribution in [3.8, 4) is 5.75 Å². The number of ether oxygens (including phenoxy) is 1. The van der Waals surface area contributed by atoms with Gasteiger partial charge in [-0.05, 0) is 56.2 Å². The van der Waals surface area contributed by atoms with Gasteiger partial charge in [0, 0.05) is 44.9 Å². The van der Waals surface area contributed by atoms with Crippen LogP contribution in [-0.4, -0.2) is 65.7 Å². The molecule has 0 aromatic carbocycles. The van der Waals surface area contributed by atoms with Gasteiger partial charge in [0.05, 0.1) is 24.3 Å². The van der Waals surface area contributed by atoms with E-state index in [9.17, 15) is 4.79 Å². The Kier molecular flexibility index (Phi) is 6.02. The Balaban J connectivity index is 1.20. The Hall–Kier alpha value is -1.92. The average molecular weight is 425 g/mol. The number of methoxy groups -OCH3 is 1. The number of rotatable bonds is 6. The molecule has 0 bridgehead atoms. The van der Waals surface area contributed by atoms with Crippen LogP contribution >= 0.6 is 0 Å². The van der Waals surface area contributed by atoms with Gasteiger partial charge in [-0.1, -0.05) is 19.3 Å². The lowest BCUT2D eigenvalue weighted by Gasteiger charge is -2.29. The van der Waals surface area contributed by atoms with E-state index < -0.39 is 0 Å². The minimum Gasteiger partial charge on any atom is -0.495 e. The zero-order valence-electron chi connectivity index (χ0n) is 18.9. The first kappa shape index (κ1) is 21.0. The SMILES string of the molecule is COc1cnc2ccc(=O)n(CCN3CCC4(CCN(CC5CCCCC5)C4)C3)c2c1. The first-order chi connectivity index (χ1) is 15.1. The van der Waals surface area contributed by atoms with Crippen LogP contribution in [0.15, 0.2) is 29.2 Å². The smallest absolute Gasteiger partial charge is 0.251 e. The first-order valence-corrected chi connectivity index (χ1v) is 12.1. The van der Waals surface area contributed by atoms with Crippen LogP contribution in [0.5, 0.6) is 5.75 Å². The molecular formula is C25H36N4O2. The quantitative estimate of drug-likeness (QED) is 0.712. The topological polar surface area (TPSA) is 50.6 Å². The lowest BCUT2D eigenvalue weighted by atomic mass is 9.86. The molecule has 6 nitrogen and oxygen atoms in total. The summed E-state index contributed by atoms with van der Waals surface area (Å²) in [5.74, 6) is 1.63. The Bertz CT molecular complexity index is 968. The summed E-state index contributed by atoms with van der Waals surface area (Å²) in [5.41, 5.74) is 2.21. The van der Waals surface area contributed by atoms with E-state index in [4.69, 9.17) is 4.74 Å². The third-order valence-corrected chi connectivity index (χ3v) is 7.96. The van der Waals surface area contributed by atoms with Gasteiger partial charge < -0.3 is 19.1 Å². The average Bonchev–Trinajstić information content (AvgIpc) is 3.39. The zero-order chi connectivity index (χ0) is 21.3. The molecule has 3 fully saturated rings. The van der Waals surface area contributed by atoms with Crippen molar-refractivity contribution in [3.05, 3.63) is 34.7 Å². The predicted molar refractivity (Wildman–Crippen MR) is 124 cm³/mol. The van der Waals surface area contributed by atoms with Crippen molar-refractivity contribution in [2.75, 3.05) is 46.4 Å². The second kappa shape index (κ2) is 8.91. The lowest BCUT2D eigenvalue weighted by molar-refractivity contribution is 0.200. The normalized spacial score (nSPS) is 25.7. The number of aromatic nitrogens is 2. The van der Waals surface area contributed by atoms with E-state index in [0.717, 1.165) is 30.0 Å². The molecule has 1 atom stereocenters. The van der Waals surface area contributed by atoms with Crippen LogP contribution in [0.1, 0.15) is 44.9 Å². The number of hydrogen-bond acceptors (Lipinski definition) is 5. The summed E-state index contributed by atoms with van der Waals surface area (Å²) in [6.07, 6.45) is 11.5. The van der Waals surface area contributed by atoms with Gasteiger partial charge in [-0.15, -0.1) is 0 Å². The highest BCUT2D eigenvalue weighted by molar-refractivity contribution is 5.75. The summed E-state index contributed by atoms with van der Waals surface area (Å²) in [5, 5.41) is 0. The third kappa shape index (κ3) is 4.51. The molecule has 1 unspecified atom stereocenters. The van der Waals surface area contributed by atoms with Gasteiger partial charge in [0.1, 0.15) is 5.75 Å². The summed E-state index contributed by atoms with van der Waals surface area (Å²) in [6.45, 7) is 7.82. The van der Waals surface area contributed by atoms with Crippen LogP contribution in [0.25, 0.3) is 11.0 Å². The number of pyridine rings is 2. The maximum Gasteiger partial charge on any atom is 0.251 e. The Morgan fingerprint density at radius 2 is 1.84 bits per heavy atom. The first-order valence-electron chi connectivity index (χ1n) is 12.1. The molecule has 4 heterocycles. The van der Waals surface area contributed by atoms with Gasteiger partial charge in [0.25, 0.3) is 5.56 Å². The molecule has 0 N–H and O–H groups in total. The molecule has 0 amide bonds. The number of nitrogens with zero attached hydrogens (tertiary/aromatic N) is 4. The van der Waals surface area contributed by atoms with Crippen LogP contribution < -0.4 is 10.3 Å². The van der Waals surface area contributed by atoms with E-state index in [2.05, 4.69) is 14.8 Å². The second-order valence-electron chi connectivity index (χ2n) is 10.1. The van der Waals surface area contributed by atoms with E-state index >= 15 is 0 Å². The second-order valence-corrected chi connectivity index (χ2v) is 10.1. The number of likely N-dealkylation sites (tertiary alicyclic amines) is 2. The van der Waals surface area contributed by atoms with Crippen LogP contribution in [-0.2, 0) is 6.54 Å². The van der Waals surface area contributed by atoms with Crippen LogP contribution in [0.2, 0.25) is 0 Å². The number of hydrogen-bond donors (Lipinski definition) is 0. The van der Waals surface area contributed by atoms with Gasteiger partial charge in [0.2, 0.25) is 0 Å². The van der Waals surface area contributed by atoms with E-state index in [1.807, 2.05) is 10.6 Å². The molecule has 168 valence electrons. The molecule has 31 heavy (non-hydrogen) atoms. The Labute approximate surface area is 185 Å². The molecule has 2 aromatic rings. The molecular weight excluding hydrogens is 388 g/mol. The predicted octanol–water partition coefficient (Wildman–Crippen LogP) is 3.38. The molecule has 1 spiro atoms. The van der Waals surface area contributed by atoms with Gasteiger partial charge in [-0.2, -0.15) is 0 Å². The Morgan fingerprint density at radius 3 is 2.65 bits per heavy atom. The van der Waals surface area contributed by atoms with Gasteiger partial charge in [-0.3, -0.25) is 9.78 Å². The van der Waals surface area contributed by atoms with Crippen molar-refractivity contribution < 1.29 is 4.74 Å². The van der Waals surface area contributed by atoms with Crippen LogP contribution in [0, 0.1) is 11.3 Å². The fourth-order valence-electron chi connectivity index (χ4n) is 6.20. The molecule has 5 rings (SSSR count). The zero-order valence-corrected chi connectivity index (χ0v) is 18.9. The van der Waals surface area contributed by atoms with E-state index in [1.54, 1.807) is 25.4 Å². The fraction of sp³-hybridized carbons (Fsp3) is 0.680. The molecule has 0 radical (unpaired) electrons. The highest BCUT2D eigenvalue weighted by atomic mass is 16.5. The minimum atomic E-state index is 0.0380. The highest BCUT2D eigenvalue weighted by Crippen LogP contribution is 2.40. The largest absolute Gasteiger partial charge is 0.495 e.